The third kappa shape index (κ3) is 3.14. The number of nitrogens with zero attached hydrogens (tertiary/aromatic N) is 1. The molecule has 1 aliphatic heterocycles. The zero-order valence-electron chi connectivity index (χ0n) is 11.2. The van der Waals surface area contributed by atoms with Crippen LogP contribution in [-0.2, 0) is 0 Å². The van der Waals surface area contributed by atoms with Crippen LogP contribution < -0.4 is 0 Å². The van der Waals surface area contributed by atoms with Crippen molar-refractivity contribution in [1.82, 2.24) is 4.90 Å². The van der Waals surface area contributed by atoms with Gasteiger partial charge in [-0.1, -0.05) is 29.8 Å². The molecule has 0 N–H and O–H groups in total. The molecule has 1 aromatic carbocycles. The molecule has 2 rings (SSSR count). The number of hydrogen-bond donors (Lipinski definition) is 0. The fourth-order valence-corrected chi connectivity index (χ4v) is 3.48. The minimum atomic E-state index is 0.165. The Labute approximate surface area is 117 Å². The van der Waals surface area contributed by atoms with Gasteiger partial charge in [-0.15, -0.1) is 0 Å². The SMILES string of the molecule is Cc1cc(Br)cc(C(=O)N2CC(C)CC(C)C2)c1. The monoisotopic (exact) mass is 309 g/mol. The summed E-state index contributed by atoms with van der Waals surface area (Å²) in [4.78, 5) is 14.5. The first-order valence-electron chi connectivity index (χ1n) is 6.52. The third-order valence-corrected chi connectivity index (χ3v) is 3.90. The second-order valence-corrected chi connectivity index (χ2v) is 6.59. The zero-order valence-corrected chi connectivity index (χ0v) is 12.8. The number of carbonyl (C=O) groups is 1. The molecular weight excluding hydrogens is 290 g/mol. The van der Waals surface area contributed by atoms with E-state index >= 15 is 0 Å². The lowest BCUT2D eigenvalue weighted by molar-refractivity contribution is 0.0623. The Morgan fingerprint density at radius 3 is 2.39 bits per heavy atom. The van der Waals surface area contributed by atoms with Crippen molar-refractivity contribution in [3.63, 3.8) is 0 Å². The Balaban J connectivity index is 2.20. The summed E-state index contributed by atoms with van der Waals surface area (Å²) in [6.07, 6.45) is 1.22. The van der Waals surface area contributed by atoms with Gasteiger partial charge in [0.05, 0.1) is 0 Å². The fraction of sp³-hybridized carbons (Fsp3) is 0.533. The fourth-order valence-electron chi connectivity index (χ4n) is 2.87. The van der Waals surface area contributed by atoms with Crippen LogP contribution in [0.4, 0.5) is 0 Å². The molecule has 3 heteroatoms. The van der Waals surface area contributed by atoms with Crippen LogP contribution in [0.3, 0.4) is 0 Å². The lowest BCUT2D eigenvalue weighted by Crippen LogP contribution is -2.42. The Morgan fingerprint density at radius 2 is 1.83 bits per heavy atom. The molecule has 2 unspecified atom stereocenters. The minimum absolute atomic E-state index is 0.165. The van der Waals surface area contributed by atoms with Gasteiger partial charge in [-0.05, 0) is 48.9 Å². The summed E-state index contributed by atoms with van der Waals surface area (Å²) in [6, 6.07) is 5.91. The Morgan fingerprint density at radius 1 is 1.22 bits per heavy atom. The summed E-state index contributed by atoms with van der Waals surface area (Å²) in [5.41, 5.74) is 1.91. The maximum Gasteiger partial charge on any atom is 0.253 e. The van der Waals surface area contributed by atoms with Crippen LogP contribution in [0.15, 0.2) is 22.7 Å². The topological polar surface area (TPSA) is 20.3 Å². The number of benzene rings is 1. The van der Waals surface area contributed by atoms with Crippen LogP contribution in [0, 0.1) is 18.8 Å². The number of carbonyl (C=O) groups excluding carboxylic acids is 1. The molecule has 18 heavy (non-hydrogen) atoms. The molecule has 0 bridgehead atoms. The minimum Gasteiger partial charge on any atom is -0.338 e. The number of rotatable bonds is 1. The highest BCUT2D eigenvalue weighted by Crippen LogP contribution is 2.24. The van der Waals surface area contributed by atoms with E-state index in [-0.39, 0.29) is 5.91 Å². The van der Waals surface area contributed by atoms with Gasteiger partial charge >= 0.3 is 0 Å². The van der Waals surface area contributed by atoms with Gasteiger partial charge in [-0.25, -0.2) is 0 Å². The quantitative estimate of drug-likeness (QED) is 0.771. The molecule has 0 aromatic heterocycles. The predicted molar refractivity (Wildman–Crippen MR) is 77.7 cm³/mol. The van der Waals surface area contributed by atoms with Crippen molar-refractivity contribution in [2.24, 2.45) is 11.8 Å². The van der Waals surface area contributed by atoms with E-state index in [1.165, 1.54) is 6.42 Å². The second-order valence-electron chi connectivity index (χ2n) is 5.67. The normalized spacial score (nSPS) is 24.1. The Hall–Kier alpha value is -0.830. The van der Waals surface area contributed by atoms with Crippen LogP contribution in [-0.4, -0.2) is 23.9 Å². The molecule has 2 atom stereocenters. The largest absolute Gasteiger partial charge is 0.338 e. The van der Waals surface area contributed by atoms with Gasteiger partial charge < -0.3 is 4.90 Å². The van der Waals surface area contributed by atoms with Gasteiger partial charge in [0.2, 0.25) is 0 Å². The van der Waals surface area contributed by atoms with E-state index in [2.05, 4.69) is 29.8 Å². The number of likely N-dealkylation sites (tertiary alicyclic amines) is 1. The molecule has 98 valence electrons. The first-order chi connectivity index (χ1) is 8.45. The number of aryl methyl sites for hydroxylation is 1. The molecule has 1 saturated heterocycles. The van der Waals surface area contributed by atoms with Crippen LogP contribution in [0.5, 0.6) is 0 Å². The smallest absolute Gasteiger partial charge is 0.253 e. The molecule has 1 heterocycles. The van der Waals surface area contributed by atoms with Crippen molar-refractivity contribution in [3.8, 4) is 0 Å². The summed E-state index contributed by atoms with van der Waals surface area (Å²) in [7, 11) is 0. The first-order valence-corrected chi connectivity index (χ1v) is 7.31. The average Bonchev–Trinajstić information content (AvgIpc) is 2.25. The summed E-state index contributed by atoms with van der Waals surface area (Å²) >= 11 is 3.46. The van der Waals surface area contributed by atoms with Gasteiger partial charge in [-0.3, -0.25) is 4.79 Å². The van der Waals surface area contributed by atoms with Crippen molar-refractivity contribution >= 4 is 21.8 Å². The summed E-state index contributed by atoms with van der Waals surface area (Å²) in [5, 5.41) is 0. The van der Waals surface area contributed by atoms with Crippen LogP contribution >= 0.6 is 15.9 Å². The van der Waals surface area contributed by atoms with Gasteiger partial charge in [0, 0.05) is 23.1 Å². The summed E-state index contributed by atoms with van der Waals surface area (Å²) in [6.45, 7) is 8.23. The molecule has 0 saturated carbocycles. The highest BCUT2D eigenvalue weighted by atomic mass is 79.9. The van der Waals surface area contributed by atoms with Gasteiger partial charge in [0.1, 0.15) is 0 Å². The maximum absolute atomic E-state index is 12.5. The summed E-state index contributed by atoms with van der Waals surface area (Å²) < 4.78 is 0.976. The van der Waals surface area contributed by atoms with E-state index in [4.69, 9.17) is 0 Å². The van der Waals surface area contributed by atoms with E-state index in [9.17, 15) is 4.79 Å². The molecule has 1 fully saturated rings. The molecule has 0 spiro atoms. The Kier molecular flexibility index (Phi) is 4.10. The standard InChI is InChI=1S/C15H20BrNO/c1-10-5-13(7-14(16)6-10)15(18)17-8-11(2)4-12(3)9-17/h5-7,11-12H,4,8-9H2,1-3H3. The van der Waals surface area contributed by atoms with Crippen molar-refractivity contribution in [2.75, 3.05) is 13.1 Å². The molecule has 2 nitrogen and oxygen atoms in total. The van der Waals surface area contributed by atoms with Crippen LogP contribution in [0.25, 0.3) is 0 Å². The molecular formula is C15H20BrNO. The molecule has 1 aromatic rings. The van der Waals surface area contributed by atoms with Gasteiger partial charge in [0.15, 0.2) is 0 Å². The van der Waals surface area contributed by atoms with Crippen molar-refractivity contribution in [3.05, 3.63) is 33.8 Å². The number of amides is 1. The molecule has 1 amide bonds. The highest BCUT2D eigenvalue weighted by Gasteiger charge is 2.26. The van der Waals surface area contributed by atoms with Crippen molar-refractivity contribution in [1.29, 1.82) is 0 Å². The van der Waals surface area contributed by atoms with E-state index in [1.807, 2.05) is 30.0 Å². The van der Waals surface area contributed by atoms with Crippen molar-refractivity contribution in [2.45, 2.75) is 27.2 Å². The summed E-state index contributed by atoms with van der Waals surface area (Å²) in [5.74, 6) is 1.37. The zero-order chi connectivity index (χ0) is 13.3. The molecule has 0 radical (unpaired) electrons. The molecule has 0 aliphatic carbocycles. The maximum atomic E-state index is 12.5. The van der Waals surface area contributed by atoms with Gasteiger partial charge in [-0.2, -0.15) is 0 Å². The van der Waals surface area contributed by atoms with E-state index in [1.54, 1.807) is 0 Å². The lowest BCUT2D eigenvalue weighted by atomic mass is 9.91. The van der Waals surface area contributed by atoms with Crippen LogP contribution in [0.1, 0.15) is 36.2 Å². The predicted octanol–water partition coefficient (Wildman–Crippen LogP) is 3.88. The van der Waals surface area contributed by atoms with Crippen molar-refractivity contribution < 1.29 is 4.79 Å². The average molecular weight is 310 g/mol. The molecule has 1 aliphatic rings. The first kappa shape index (κ1) is 13.6. The second kappa shape index (κ2) is 5.43. The van der Waals surface area contributed by atoms with E-state index < -0.39 is 0 Å². The van der Waals surface area contributed by atoms with Gasteiger partial charge in [0.25, 0.3) is 5.91 Å². The number of hydrogen-bond acceptors (Lipinski definition) is 1. The Bertz CT molecular complexity index is 428. The van der Waals surface area contributed by atoms with E-state index in [0.29, 0.717) is 11.8 Å². The van der Waals surface area contributed by atoms with Crippen LogP contribution in [0.2, 0.25) is 0 Å². The lowest BCUT2D eigenvalue weighted by Gasteiger charge is -2.35. The highest BCUT2D eigenvalue weighted by molar-refractivity contribution is 9.10. The number of piperidine rings is 1. The number of halogens is 1. The third-order valence-electron chi connectivity index (χ3n) is 3.45. The van der Waals surface area contributed by atoms with E-state index in [0.717, 1.165) is 28.7 Å².